The zero-order chi connectivity index (χ0) is 20.0. The normalized spacial score (nSPS) is 11.6. The van der Waals surface area contributed by atoms with Crippen molar-refractivity contribution in [2.75, 3.05) is 21.3 Å². The van der Waals surface area contributed by atoms with E-state index in [0.29, 0.717) is 28.6 Å². The molecule has 27 heavy (non-hydrogen) atoms. The molecule has 1 atom stereocenters. The van der Waals surface area contributed by atoms with E-state index in [1.54, 1.807) is 37.0 Å². The molecule has 9 heteroatoms. The lowest BCUT2D eigenvalue weighted by atomic mass is 10.0. The summed E-state index contributed by atoms with van der Waals surface area (Å²) in [6, 6.07) is 2.83. The van der Waals surface area contributed by atoms with E-state index >= 15 is 0 Å². The van der Waals surface area contributed by atoms with Gasteiger partial charge in [0.1, 0.15) is 12.1 Å². The number of aromatic nitrogens is 3. The van der Waals surface area contributed by atoms with Crippen molar-refractivity contribution in [3.8, 4) is 17.2 Å². The van der Waals surface area contributed by atoms with Crippen molar-refractivity contribution >= 4 is 11.7 Å². The first kappa shape index (κ1) is 20.2. The minimum Gasteiger partial charge on any atom is -0.496 e. The van der Waals surface area contributed by atoms with Crippen LogP contribution in [0.2, 0.25) is 0 Å². The lowest BCUT2D eigenvalue weighted by Crippen LogP contribution is -2.28. The second kappa shape index (κ2) is 9.02. The fourth-order valence-corrected chi connectivity index (χ4v) is 2.67. The second-order valence-electron chi connectivity index (χ2n) is 5.92. The quantitative estimate of drug-likeness (QED) is 0.664. The van der Waals surface area contributed by atoms with Crippen LogP contribution in [0.3, 0.4) is 0 Å². The van der Waals surface area contributed by atoms with Gasteiger partial charge in [-0.05, 0) is 13.0 Å². The van der Waals surface area contributed by atoms with Crippen LogP contribution in [0, 0.1) is 0 Å². The Morgan fingerprint density at radius 1 is 1.07 bits per heavy atom. The topological polar surface area (TPSA) is 105 Å². The number of aryl methyl sites for hydroxylation is 1. The summed E-state index contributed by atoms with van der Waals surface area (Å²) in [5, 5.41) is 10.6. The third-order valence-corrected chi connectivity index (χ3v) is 4.10. The van der Waals surface area contributed by atoms with E-state index in [1.807, 2.05) is 0 Å². The van der Waals surface area contributed by atoms with Crippen molar-refractivity contribution in [2.45, 2.75) is 25.8 Å². The van der Waals surface area contributed by atoms with E-state index < -0.39 is 0 Å². The molecular weight excluding hydrogens is 352 g/mol. The molecule has 2 aromatic rings. The Kier molecular flexibility index (Phi) is 6.75. The number of hydrogen-bond donors (Lipinski definition) is 1. The molecule has 0 saturated carbocycles. The van der Waals surface area contributed by atoms with Crippen LogP contribution >= 0.6 is 0 Å². The summed E-state index contributed by atoms with van der Waals surface area (Å²) in [4.78, 5) is 24.8. The summed E-state index contributed by atoms with van der Waals surface area (Å²) in [5.41, 5.74) is 0.337. The number of nitrogens with one attached hydrogen (secondary N) is 1. The van der Waals surface area contributed by atoms with Gasteiger partial charge >= 0.3 is 0 Å². The highest BCUT2D eigenvalue weighted by molar-refractivity contribution is 6.01. The van der Waals surface area contributed by atoms with Crippen LogP contribution in [-0.4, -0.2) is 47.8 Å². The van der Waals surface area contributed by atoms with Crippen molar-refractivity contribution < 1.29 is 23.8 Å². The molecule has 0 bridgehead atoms. The van der Waals surface area contributed by atoms with E-state index in [4.69, 9.17) is 14.2 Å². The predicted octanol–water partition coefficient (Wildman–Crippen LogP) is 1.68. The number of benzene rings is 1. The number of carbonyl (C=O) groups excluding carboxylic acids is 2. The molecule has 0 aliphatic heterocycles. The van der Waals surface area contributed by atoms with Crippen molar-refractivity contribution in [3.05, 3.63) is 29.8 Å². The van der Waals surface area contributed by atoms with Crippen molar-refractivity contribution in [3.63, 3.8) is 0 Å². The van der Waals surface area contributed by atoms with Gasteiger partial charge in [-0.3, -0.25) is 9.59 Å². The second-order valence-corrected chi connectivity index (χ2v) is 5.92. The van der Waals surface area contributed by atoms with E-state index in [1.165, 1.54) is 21.3 Å². The highest BCUT2D eigenvalue weighted by Crippen LogP contribution is 2.35. The van der Waals surface area contributed by atoms with Crippen LogP contribution in [-0.2, 0) is 11.8 Å². The van der Waals surface area contributed by atoms with Crippen LogP contribution in [0.25, 0.3) is 0 Å². The van der Waals surface area contributed by atoms with Gasteiger partial charge in [0.2, 0.25) is 5.91 Å². The molecule has 1 aromatic heterocycles. The molecule has 1 amide bonds. The van der Waals surface area contributed by atoms with Gasteiger partial charge in [-0.25, -0.2) is 0 Å². The third-order valence-electron chi connectivity index (χ3n) is 4.10. The van der Waals surface area contributed by atoms with Crippen molar-refractivity contribution in [1.82, 2.24) is 20.1 Å². The summed E-state index contributed by atoms with van der Waals surface area (Å²) < 4.78 is 17.4. The average Bonchev–Trinajstić information content (AvgIpc) is 3.10. The highest BCUT2D eigenvalue weighted by atomic mass is 16.5. The molecule has 2 rings (SSSR count). The van der Waals surface area contributed by atoms with E-state index in [2.05, 4.69) is 15.5 Å². The molecular formula is C18H24N4O5. The Bertz CT molecular complexity index is 818. The first-order valence-electron chi connectivity index (χ1n) is 8.37. The summed E-state index contributed by atoms with van der Waals surface area (Å²) in [7, 11) is 6.25. The van der Waals surface area contributed by atoms with Gasteiger partial charge in [0.05, 0.1) is 32.9 Å². The summed E-state index contributed by atoms with van der Waals surface area (Å²) in [6.45, 7) is 1.81. The molecule has 0 saturated heterocycles. The number of nitrogens with zero attached hydrogens (tertiary/aromatic N) is 3. The Labute approximate surface area is 157 Å². The predicted molar refractivity (Wildman–Crippen MR) is 97.2 cm³/mol. The monoisotopic (exact) mass is 376 g/mol. The number of hydrogen-bond acceptors (Lipinski definition) is 7. The molecule has 1 aromatic carbocycles. The first-order valence-corrected chi connectivity index (χ1v) is 8.37. The average molecular weight is 376 g/mol. The Morgan fingerprint density at radius 3 is 2.26 bits per heavy atom. The molecule has 1 unspecified atom stereocenters. The summed E-state index contributed by atoms with van der Waals surface area (Å²) in [6.07, 6.45) is 1.63. The maximum absolute atomic E-state index is 12.6. The van der Waals surface area contributed by atoms with Gasteiger partial charge in [-0.15, -0.1) is 10.2 Å². The molecule has 0 radical (unpaired) electrons. The molecule has 0 aliphatic carbocycles. The van der Waals surface area contributed by atoms with Crippen LogP contribution < -0.4 is 19.5 Å². The zero-order valence-electron chi connectivity index (χ0n) is 16.1. The standard InChI is InChI=1S/C18H24N4O5/c1-11(18-21-19-10-22(18)2)20-17(24)7-6-13(23)12-8-15(26-4)16(27-5)9-14(12)25-3/h8-11H,6-7H2,1-5H3,(H,20,24). The number of rotatable bonds is 9. The molecule has 1 heterocycles. The molecule has 146 valence electrons. The summed E-state index contributed by atoms with van der Waals surface area (Å²) >= 11 is 0. The van der Waals surface area contributed by atoms with Crippen LogP contribution in [0.15, 0.2) is 18.5 Å². The molecule has 0 fully saturated rings. The third kappa shape index (κ3) is 4.75. The number of Topliss-reactive ketones (excluding diaryl/α,β-unsaturated/α-hetero) is 1. The van der Waals surface area contributed by atoms with Gasteiger partial charge in [0, 0.05) is 26.0 Å². The molecule has 0 spiro atoms. The molecule has 9 nitrogen and oxygen atoms in total. The number of methoxy groups -OCH3 is 3. The Balaban J connectivity index is 2.02. The van der Waals surface area contributed by atoms with Gasteiger partial charge in [-0.2, -0.15) is 0 Å². The molecule has 0 aliphatic rings. The van der Waals surface area contributed by atoms with E-state index in [-0.39, 0.29) is 30.6 Å². The fraction of sp³-hybridized carbons (Fsp3) is 0.444. The number of carbonyl (C=O) groups is 2. The van der Waals surface area contributed by atoms with Crippen LogP contribution in [0.1, 0.15) is 42.0 Å². The molecule has 1 N–H and O–H groups in total. The number of ether oxygens (including phenoxy) is 3. The smallest absolute Gasteiger partial charge is 0.221 e. The van der Waals surface area contributed by atoms with Gasteiger partial charge < -0.3 is 24.1 Å². The van der Waals surface area contributed by atoms with E-state index in [9.17, 15) is 9.59 Å². The lowest BCUT2D eigenvalue weighted by Gasteiger charge is -2.14. The number of amides is 1. The minimum atomic E-state index is -0.310. The van der Waals surface area contributed by atoms with Crippen LogP contribution in [0.4, 0.5) is 0 Å². The lowest BCUT2D eigenvalue weighted by molar-refractivity contribution is -0.121. The Hall–Kier alpha value is -3.10. The maximum atomic E-state index is 12.6. The fourth-order valence-electron chi connectivity index (χ4n) is 2.67. The van der Waals surface area contributed by atoms with Crippen molar-refractivity contribution in [2.24, 2.45) is 7.05 Å². The van der Waals surface area contributed by atoms with Gasteiger partial charge in [-0.1, -0.05) is 0 Å². The SMILES string of the molecule is COc1cc(OC)c(C(=O)CCC(=O)NC(C)c2nncn2C)cc1OC. The zero-order valence-corrected chi connectivity index (χ0v) is 16.1. The maximum Gasteiger partial charge on any atom is 0.221 e. The van der Waals surface area contributed by atoms with Gasteiger partial charge in [0.15, 0.2) is 23.1 Å². The number of ketones is 1. The van der Waals surface area contributed by atoms with E-state index in [0.717, 1.165) is 0 Å². The summed E-state index contributed by atoms with van der Waals surface area (Å²) in [5.74, 6) is 1.40. The van der Waals surface area contributed by atoms with Crippen LogP contribution in [0.5, 0.6) is 17.2 Å². The van der Waals surface area contributed by atoms with Crippen molar-refractivity contribution in [1.29, 1.82) is 0 Å². The Morgan fingerprint density at radius 2 is 1.70 bits per heavy atom. The minimum absolute atomic E-state index is 0.0310. The largest absolute Gasteiger partial charge is 0.496 e. The highest BCUT2D eigenvalue weighted by Gasteiger charge is 2.20. The van der Waals surface area contributed by atoms with Gasteiger partial charge in [0.25, 0.3) is 0 Å². The first-order chi connectivity index (χ1) is 12.9.